The molecule has 6 N–H and O–H groups in total. The standard InChI is InChI=1S/C9H14N2O.3C2H4O2/c10-6-7-11(12)8-9-4-2-1-3-5-9;3*1-2(3)4/h1-5,12H,6-8,10H2;3*1H3,(H,3,4). The molecule has 1 aromatic rings. The summed E-state index contributed by atoms with van der Waals surface area (Å²) in [6.45, 7) is 4.77. The van der Waals surface area contributed by atoms with Gasteiger partial charge in [-0.1, -0.05) is 30.3 Å². The van der Waals surface area contributed by atoms with Gasteiger partial charge in [-0.3, -0.25) is 14.4 Å². The highest BCUT2D eigenvalue weighted by molar-refractivity contribution is 5.63. The van der Waals surface area contributed by atoms with Crippen molar-refractivity contribution in [1.82, 2.24) is 5.06 Å². The molecule has 0 saturated carbocycles. The Morgan fingerprint density at radius 2 is 1.25 bits per heavy atom. The summed E-state index contributed by atoms with van der Waals surface area (Å²) < 4.78 is 0. The van der Waals surface area contributed by atoms with Gasteiger partial charge in [0.25, 0.3) is 17.9 Å². The molecule has 0 atom stereocenters. The van der Waals surface area contributed by atoms with E-state index in [0.29, 0.717) is 19.6 Å². The van der Waals surface area contributed by atoms with Crippen LogP contribution in [0.5, 0.6) is 0 Å². The number of hydrogen-bond donors (Lipinski definition) is 5. The van der Waals surface area contributed by atoms with Crippen LogP contribution in [0.4, 0.5) is 0 Å². The summed E-state index contributed by atoms with van der Waals surface area (Å²) in [4.78, 5) is 27.0. The van der Waals surface area contributed by atoms with Gasteiger partial charge in [0.15, 0.2) is 0 Å². The maximum absolute atomic E-state index is 9.26. The van der Waals surface area contributed by atoms with Crippen LogP contribution in [0.3, 0.4) is 0 Å². The molecule has 24 heavy (non-hydrogen) atoms. The zero-order chi connectivity index (χ0) is 19.5. The van der Waals surface area contributed by atoms with Gasteiger partial charge in [-0.15, -0.1) is 0 Å². The number of carboxylic acid groups (broad SMARTS) is 3. The fourth-order valence-corrected chi connectivity index (χ4v) is 1.02. The average molecular weight is 346 g/mol. The van der Waals surface area contributed by atoms with Crippen LogP contribution in [0.2, 0.25) is 0 Å². The second-order valence-electron chi connectivity index (χ2n) is 4.22. The van der Waals surface area contributed by atoms with E-state index in [0.717, 1.165) is 26.3 Å². The Bertz CT molecular complexity index is 412. The van der Waals surface area contributed by atoms with E-state index in [-0.39, 0.29) is 0 Å². The lowest BCUT2D eigenvalue weighted by molar-refractivity contribution is -0.135. The molecule has 0 bridgehead atoms. The Morgan fingerprint density at radius 1 is 0.917 bits per heavy atom. The zero-order valence-electron chi connectivity index (χ0n) is 14.0. The number of aliphatic carboxylic acids is 3. The largest absolute Gasteiger partial charge is 0.481 e. The maximum atomic E-state index is 9.26. The first kappa shape index (κ1) is 26.4. The fraction of sp³-hybridized carbons (Fsp3) is 0.400. The van der Waals surface area contributed by atoms with Gasteiger partial charge < -0.3 is 26.3 Å². The van der Waals surface area contributed by atoms with E-state index in [2.05, 4.69) is 0 Å². The SMILES string of the molecule is CC(=O)O.CC(=O)O.CC(=O)O.NCCN(O)Cc1ccccc1. The van der Waals surface area contributed by atoms with Crippen LogP contribution in [0.25, 0.3) is 0 Å². The van der Waals surface area contributed by atoms with Crippen molar-refractivity contribution < 1.29 is 34.9 Å². The molecule has 0 fully saturated rings. The molecule has 0 unspecified atom stereocenters. The summed E-state index contributed by atoms with van der Waals surface area (Å²) >= 11 is 0. The second kappa shape index (κ2) is 18.6. The monoisotopic (exact) mass is 346 g/mol. The van der Waals surface area contributed by atoms with Crippen LogP contribution in [-0.2, 0) is 20.9 Å². The van der Waals surface area contributed by atoms with Gasteiger partial charge >= 0.3 is 0 Å². The third kappa shape index (κ3) is 42.7. The van der Waals surface area contributed by atoms with Gasteiger partial charge in [-0.2, -0.15) is 5.06 Å². The number of carboxylic acids is 3. The molecule has 0 aliphatic carbocycles. The Labute approximate surface area is 140 Å². The Balaban J connectivity index is -0.000000304. The van der Waals surface area contributed by atoms with Crippen molar-refractivity contribution in [1.29, 1.82) is 0 Å². The summed E-state index contributed by atoms with van der Waals surface area (Å²) in [6.07, 6.45) is 0. The molecule has 0 amide bonds. The van der Waals surface area contributed by atoms with Crippen LogP contribution in [0.15, 0.2) is 30.3 Å². The molecule has 0 spiro atoms. The molecule has 1 rings (SSSR count). The van der Waals surface area contributed by atoms with Gasteiger partial charge in [0, 0.05) is 40.4 Å². The fourth-order valence-electron chi connectivity index (χ4n) is 1.02. The highest BCUT2D eigenvalue weighted by Crippen LogP contribution is 2.00. The number of hydroxylamine groups is 2. The molecular formula is C15H26N2O7. The van der Waals surface area contributed by atoms with E-state index in [1.54, 1.807) is 0 Å². The number of benzene rings is 1. The minimum atomic E-state index is -0.833. The van der Waals surface area contributed by atoms with Crippen molar-refractivity contribution in [2.45, 2.75) is 27.3 Å². The quantitative estimate of drug-likeness (QED) is 0.503. The van der Waals surface area contributed by atoms with Gasteiger partial charge in [-0.25, -0.2) is 0 Å². The molecule has 0 aromatic heterocycles. The minimum Gasteiger partial charge on any atom is -0.481 e. The third-order valence-corrected chi connectivity index (χ3v) is 1.60. The predicted molar refractivity (Wildman–Crippen MR) is 87.6 cm³/mol. The molecule has 0 aliphatic rings. The first-order valence-corrected chi connectivity index (χ1v) is 6.79. The van der Waals surface area contributed by atoms with E-state index in [1.165, 1.54) is 5.06 Å². The maximum Gasteiger partial charge on any atom is 0.300 e. The van der Waals surface area contributed by atoms with Crippen LogP contribution in [0, 0.1) is 0 Å². The highest BCUT2D eigenvalue weighted by Gasteiger charge is 1.98. The predicted octanol–water partition coefficient (Wildman–Crippen LogP) is 1.11. The molecular weight excluding hydrogens is 320 g/mol. The first-order valence-electron chi connectivity index (χ1n) is 6.79. The summed E-state index contributed by atoms with van der Waals surface area (Å²) in [5, 5.41) is 32.7. The van der Waals surface area contributed by atoms with E-state index in [1.807, 2.05) is 30.3 Å². The van der Waals surface area contributed by atoms with Crippen molar-refractivity contribution in [3.8, 4) is 0 Å². The Kier molecular flexibility index (Phi) is 20.4. The highest BCUT2D eigenvalue weighted by atomic mass is 16.5. The number of nitrogens with zero attached hydrogens (tertiary/aromatic N) is 1. The number of nitrogens with two attached hydrogens (primary N) is 1. The molecule has 0 radical (unpaired) electrons. The van der Waals surface area contributed by atoms with Gasteiger partial charge in [-0.05, 0) is 5.56 Å². The van der Waals surface area contributed by atoms with Gasteiger partial charge in [0.1, 0.15) is 0 Å². The lowest BCUT2D eigenvalue weighted by Crippen LogP contribution is -2.25. The van der Waals surface area contributed by atoms with Crippen LogP contribution in [0.1, 0.15) is 26.3 Å². The second-order valence-corrected chi connectivity index (χ2v) is 4.22. The molecule has 0 heterocycles. The molecule has 138 valence electrons. The molecule has 0 saturated heterocycles. The van der Waals surface area contributed by atoms with Crippen molar-refractivity contribution in [2.24, 2.45) is 5.73 Å². The molecule has 9 nitrogen and oxygen atoms in total. The smallest absolute Gasteiger partial charge is 0.300 e. The summed E-state index contributed by atoms with van der Waals surface area (Å²) in [7, 11) is 0. The third-order valence-electron chi connectivity index (χ3n) is 1.60. The molecule has 9 heteroatoms. The molecule has 1 aromatic carbocycles. The summed E-state index contributed by atoms with van der Waals surface area (Å²) in [5.41, 5.74) is 6.37. The lowest BCUT2D eigenvalue weighted by Gasteiger charge is -2.12. The van der Waals surface area contributed by atoms with Gasteiger partial charge in [0.05, 0.1) is 0 Å². The molecule has 0 aliphatic heterocycles. The Morgan fingerprint density at radius 3 is 1.54 bits per heavy atom. The Hall–Kier alpha value is -2.49. The zero-order valence-corrected chi connectivity index (χ0v) is 14.0. The first-order chi connectivity index (χ1) is 11.0. The van der Waals surface area contributed by atoms with E-state index < -0.39 is 17.9 Å². The summed E-state index contributed by atoms with van der Waals surface area (Å²) in [6, 6.07) is 9.80. The number of hydrogen-bond acceptors (Lipinski definition) is 6. The van der Waals surface area contributed by atoms with E-state index >= 15 is 0 Å². The van der Waals surface area contributed by atoms with E-state index in [9.17, 15) is 5.21 Å². The normalized spacial score (nSPS) is 8.42. The number of rotatable bonds is 4. The minimum absolute atomic E-state index is 0.476. The van der Waals surface area contributed by atoms with Crippen molar-refractivity contribution in [3.63, 3.8) is 0 Å². The number of carbonyl (C=O) groups is 3. The van der Waals surface area contributed by atoms with Gasteiger partial charge in [0.2, 0.25) is 0 Å². The average Bonchev–Trinajstić information content (AvgIpc) is 2.38. The topological polar surface area (TPSA) is 161 Å². The van der Waals surface area contributed by atoms with Crippen molar-refractivity contribution in [2.75, 3.05) is 13.1 Å². The van der Waals surface area contributed by atoms with Crippen LogP contribution >= 0.6 is 0 Å². The van der Waals surface area contributed by atoms with E-state index in [4.69, 9.17) is 35.4 Å². The van der Waals surface area contributed by atoms with Crippen LogP contribution in [-0.4, -0.2) is 56.6 Å². The van der Waals surface area contributed by atoms with Crippen molar-refractivity contribution >= 4 is 17.9 Å². The lowest BCUT2D eigenvalue weighted by atomic mass is 10.2. The van der Waals surface area contributed by atoms with Crippen molar-refractivity contribution in [3.05, 3.63) is 35.9 Å². The van der Waals surface area contributed by atoms with Crippen LogP contribution < -0.4 is 5.73 Å². The summed E-state index contributed by atoms with van der Waals surface area (Å²) in [5.74, 6) is -2.50.